The molecule has 1 aliphatic carbocycles. The van der Waals surface area contributed by atoms with Crippen molar-refractivity contribution in [1.82, 2.24) is 5.01 Å². The maximum atomic E-state index is 13.8. The Bertz CT molecular complexity index is 1350. The fourth-order valence-electron chi connectivity index (χ4n) is 5.14. The Balaban J connectivity index is 1.54. The number of carbonyl (C=O) groups is 1. The number of ether oxygens (including phenoxy) is 3. The van der Waals surface area contributed by atoms with Crippen molar-refractivity contribution in [3.8, 4) is 17.2 Å². The summed E-state index contributed by atoms with van der Waals surface area (Å²) in [7, 11) is 3.24. The van der Waals surface area contributed by atoms with E-state index in [1.807, 2.05) is 48.5 Å². The normalized spacial score (nSPS) is 19.8. The van der Waals surface area contributed by atoms with Gasteiger partial charge in [-0.15, -0.1) is 0 Å². The van der Waals surface area contributed by atoms with Gasteiger partial charge < -0.3 is 14.2 Å². The van der Waals surface area contributed by atoms with Crippen LogP contribution in [0.4, 0.5) is 8.78 Å². The predicted octanol–water partition coefficient (Wildman–Crippen LogP) is 6.74. The van der Waals surface area contributed by atoms with Crippen LogP contribution in [0.25, 0.3) is 6.08 Å². The first-order valence-corrected chi connectivity index (χ1v) is 12.4. The van der Waals surface area contributed by atoms with Crippen molar-refractivity contribution < 1.29 is 27.8 Å². The third kappa shape index (κ3) is 5.25. The highest BCUT2D eigenvalue weighted by Gasteiger charge is 2.44. The minimum Gasteiger partial charge on any atom is -0.497 e. The van der Waals surface area contributed by atoms with E-state index < -0.39 is 6.61 Å². The van der Waals surface area contributed by atoms with Gasteiger partial charge in [-0.3, -0.25) is 4.79 Å². The Morgan fingerprint density at radius 1 is 0.974 bits per heavy atom. The van der Waals surface area contributed by atoms with Gasteiger partial charge in [0.15, 0.2) is 0 Å². The van der Waals surface area contributed by atoms with Gasteiger partial charge in [0.2, 0.25) is 0 Å². The van der Waals surface area contributed by atoms with Crippen LogP contribution in [0.15, 0.2) is 83.5 Å². The Hall–Kier alpha value is -4.20. The summed E-state index contributed by atoms with van der Waals surface area (Å²) in [5, 5.41) is 6.37. The van der Waals surface area contributed by atoms with Gasteiger partial charge >= 0.3 is 6.61 Å². The van der Waals surface area contributed by atoms with Crippen molar-refractivity contribution in [1.29, 1.82) is 0 Å². The van der Waals surface area contributed by atoms with Crippen molar-refractivity contribution in [3.63, 3.8) is 0 Å². The number of hydrazone groups is 1. The standard InChI is InChI=1S/C30H28F2N2O4/c1-36-23-13-9-19(10-14-23)17-21-5-4-8-26-27(21)33-34(28(26)20-11-15-24(37-2)16-12-20)29(35)22-6-3-7-25(18-22)38-30(31)32/h3,6-7,9-18,26,28,30H,4-5,8H2,1-2H3/b21-17+/t26-,28-/m0/s1. The van der Waals surface area contributed by atoms with E-state index in [1.165, 1.54) is 23.2 Å². The molecule has 6 nitrogen and oxygen atoms in total. The highest BCUT2D eigenvalue weighted by molar-refractivity contribution is 6.09. The van der Waals surface area contributed by atoms with Crippen LogP contribution in [-0.2, 0) is 0 Å². The number of alkyl halides is 2. The monoisotopic (exact) mass is 518 g/mol. The summed E-state index contributed by atoms with van der Waals surface area (Å²) >= 11 is 0. The van der Waals surface area contributed by atoms with Crippen LogP contribution in [0.3, 0.4) is 0 Å². The molecule has 1 aliphatic heterocycles. The Morgan fingerprint density at radius 2 is 1.66 bits per heavy atom. The number of carbonyl (C=O) groups excluding carboxylic acids is 1. The van der Waals surface area contributed by atoms with E-state index in [4.69, 9.17) is 14.6 Å². The van der Waals surface area contributed by atoms with E-state index in [2.05, 4.69) is 10.8 Å². The van der Waals surface area contributed by atoms with E-state index >= 15 is 0 Å². The Kier molecular flexibility index (Phi) is 7.40. The fourth-order valence-corrected chi connectivity index (χ4v) is 5.14. The van der Waals surface area contributed by atoms with Gasteiger partial charge in [-0.1, -0.05) is 30.3 Å². The van der Waals surface area contributed by atoms with E-state index in [0.717, 1.165) is 47.4 Å². The number of hydrogen-bond acceptors (Lipinski definition) is 5. The molecule has 1 saturated carbocycles. The van der Waals surface area contributed by atoms with Crippen molar-refractivity contribution in [3.05, 3.63) is 95.1 Å². The molecule has 3 aromatic rings. The van der Waals surface area contributed by atoms with E-state index in [0.29, 0.717) is 5.75 Å². The highest BCUT2D eigenvalue weighted by Crippen LogP contribution is 2.45. The van der Waals surface area contributed by atoms with Crippen LogP contribution >= 0.6 is 0 Å². The first-order chi connectivity index (χ1) is 18.5. The maximum Gasteiger partial charge on any atom is 0.387 e. The summed E-state index contributed by atoms with van der Waals surface area (Å²) in [6.07, 6.45) is 4.78. The zero-order valence-electron chi connectivity index (χ0n) is 21.1. The van der Waals surface area contributed by atoms with Gasteiger partial charge in [0.05, 0.1) is 26.0 Å². The molecule has 2 atom stereocenters. The molecule has 0 aromatic heterocycles. The second kappa shape index (κ2) is 11.0. The molecule has 0 radical (unpaired) electrons. The number of amides is 1. The molecule has 38 heavy (non-hydrogen) atoms. The lowest BCUT2D eigenvalue weighted by atomic mass is 9.77. The smallest absolute Gasteiger partial charge is 0.387 e. The van der Waals surface area contributed by atoms with Crippen molar-refractivity contribution in [2.75, 3.05) is 14.2 Å². The van der Waals surface area contributed by atoms with Crippen molar-refractivity contribution >= 4 is 17.7 Å². The van der Waals surface area contributed by atoms with Gasteiger partial charge in [-0.25, -0.2) is 5.01 Å². The molecule has 0 bridgehead atoms. The maximum absolute atomic E-state index is 13.8. The SMILES string of the molecule is COc1ccc(/C=C2\CCC[C@H]3C2=NN(C(=O)c2cccc(OC(F)F)c2)[C@H]3c2ccc(OC)cc2)cc1. The average molecular weight is 519 g/mol. The van der Waals surface area contributed by atoms with Crippen LogP contribution < -0.4 is 14.2 Å². The minimum absolute atomic E-state index is 0.00825. The van der Waals surface area contributed by atoms with Gasteiger partial charge in [-0.05, 0) is 84.5 Å². The largest absolute Gasteiger partial charge is 0.497 e. The lowest BCUT2D eigenvalue weighted by Gasteiger charge is -2.29. The number of rotatable bonds is 7. The summed E-state index contributed by atoms with van der Waals surface area (Å²) in [6.45, 7) is -2.98. The summed E-state index contributed by atoms with van der Waals surface area (Å²) < 4.78 is 40.7. The molecule has 0 spiro atoms. The summed E-state index contributed by atoms with van der Waals surface area (Å²) in [5.74, 6) is 1.03. The van der Waals surface area contributed by atoms with Crippen LogP contribution in [0.5, 0.6) is 17.2 Å². The van der Waals surface area contributed by atoms with Gasteiger partial charge in [0, 0.05) is 11.5 Å². The third-order valence-corrected chi connectivity index (χ3v) is 6.93. The molecule has 0 unspecified atom stereocenters. The molecule has 1 heterocycles. The summed E-state index contributed by atoms with van der Waals surface area (Å²) in [6, 6.07) is 20.9. The van der Waals surface area contributed by atoms with Crippen LogP contribution in [-0.4, -0.2) is 37.5 Å². The van der Waals surface area contributed by atoms with Crippen LogP contribution in [0, 0.1) is 5.92 Å². The minimum atomic E-state index is -2.98. The molecule has 3 aromatic carbocycles. The van der Waals surface area contributed by atoms with Crippen molar-refractivity contribution in [2.24, 2.45) is 11.0 Å². The van der Waals surface area contributed by atoms with Crippen LogP contribution in [0.2, 0.25) is 0 Å². The lowest BCUT2D eigenvalue weighted by molar-refractivity contribution is -0.0499. The summed E-state index contributed by atoms with van der Waals surface area (Å²) in [4.78, 5) is 13.8. The van der Waals surface area contributed by atoms with Gasteiger partial charge in [0.1, 0.15) is 17.2 Å². The summed E-state index contributed by atoms with van der Waals surface area (Å²) in [5.41, 5.74) is 4.13. The third-order valence-electron chi connectivity index (χ3n) is 6.93. The number of halogens is 2. The molecular formula is C30H28F2N2O4. The first-order valence-electron chi connectivity index (χ1n) is 12.4. The van der Waals surface area contributed by atoms with Crippen molar-refractivity contribution in [2.45, 2.75) is 31.9 Å². The predicted molar refractivity (Wildman–Crippen MR) is 141 cm³/mol. The molecule has 1 fully saturated rings. The quantitative estimate of drug-likeness (QED) is 0.348. The Labute approximate surface area is 220 Å². The molecule has 1 amide bonds. The fraction of sp³-hybridized carbons (Fsp3) is 0.267. The van der Waals surface area contributed by atoms with Crippen LogP contribution in [0.1, 0.15) is 46.8 Å². The molecule has 196 valence electrons. The lowest BCUT2D eigenvalue weighted by Crippen LogP contribution is -2.32. The molecule has 0 N–H and O–H groups in total. The molecule has 0 saturated heterocycles. The Morgan fingerprint density at radius 3 is 2.32 bits per heavy atom. The number of allylic oxidation sites excluding steroid dienone is 1. The molecular weight excluding hydrogens is 490 g/mol. The molecule has 8 heteroatoms. The first kappa shape index (κ1) is 25.4. The number of fused-ring (bicyclic) bond motifs is 1. The molecule has 2 aliphatic rings. The van der Waals surface area contributed by atoms with E-state index in [1.54, 1.807) is 20.3 Å². The van der Waals surface area contributed by atoms with Gasteiger partial charge in [-0.2, -0.15) is 13.9 Å². The second-order valence-electron chi connectivity index (χ2n) is 9.20. The number of hydrogen-bond donors (Lipinski definition) is 0. The topological polar surface area (TPSA) is 60.4 Å². The highest BCUT2D eigenvalue weighted by atomic mass is 19.3. The number of nitrogens with zero attached hydrogens (tertiary/aromatic N) is 2. The van der Waals surface area contributed by atoms with E-state index in [-0.39, 0.29) is 29.2 Å². The zero-order chi connectivity index (χ0) is 26.6. The zero-order valence-corrected chi connectivity index (χ0v) is 21.1. The van der Waals surface area contributed by atoms with E-state index in [9.17, 15) is 13.6 Å². The van der Waals surface area contributed by atoms with Gasteiger partial charge in [0.25, 0.3) is 5.91 Å². The second-order valence-corrected chi connectivity index (χ2v) is 9.20. The molecule has 5 rings (SSSR count). The number of methoxy groups -OCH3 is 2. The average Bonchev–Trinajstić information content (AvgIpc) is 3.33. The number of benzene rings is 3.